The summed E-state index contributed by atoms with van der Waals surface area (Å²) in [5.74, 6) is 0.711. The minimum Gasteiger partial charge on any atom is -0.132 e. The van der Waals surface area contributed by atoms with E-state index in [1.807, 2.05) is 11.3 Å². The van der Waals surface area contributed by atoms with Crippen molar-refractivity contribution in [1.82, 2.24) is 0 Å². The minimum atomic E-state index is 0.389. The highest BCUT2D eigenvalue weighted by atomic mass is 79.9. The van der Waals surface area contributed by atoms with Gasteiger partial charge in [-0.05, 0) is 45.8 Å². The maximum absolute atomic E-state index is 3.78. The number of hydrogen-bond donors (Lipinski definition) is 0. The van der Waals surface area contributed by atoms with Gasteiger partial charge in [-0.3, -0.25) is 0 Å². The Bertz CT molecular complexity index is 312. The van der Waals surface area contributed by atoms with Crippen molar-refractivity contribution in [1.29, 1.82) is 0 Å². The van der Waals surface area contributed by atoms with Crippen LogP contribution in [0, 0.1) is 11.3 Å². The third kappa shape index (κ3) is 4.20. The van der Waals surface area contributed by atoms with E-state index in [0.29, 0.717) is 16.2 Å². The highest BCUT2D eigenvalue weighted by Crippen LogP contribution is 2.40. The first-order valence-electron chi connectivity index (χ1n) is 5.20. The largest absolute Gasteiger partial charge is 0.132 e. The first-order chi connectivity index (χ1) is 6.80. The van der Waals surface area contributed by atoms with Crippen molar-refractivity contribution in [3.63, 3.8) is 0 Å². The second-order valence-electron chi connectivity index (χ2n) is 5.11. The maximum Gasteiger partial charge on any atom is 0.0701 e. The van der Waals surface area contributed by atoms with E-state index in [2.05, 4.69) is 71.7 Å². The molecule has 0 nitrogen and oxygen atoms in total. The average molecular weight is 354 g/mol. The Morgan fingerprint density at radius 3 is 2.33 bits per heavy atom. The molecular formula is C12H18Br2S. The Balaban J connectivity index is 2.60. The summed E-state index contributed by atoms with van der Waals surface area (Å²) in [6, 6.07) is 4.32. The van der Waals surface area contributed by atoms with Crippen molar-refractivity contribution in [2.75, 3.05) is 0 Å². The van der Waals surface area contributed by atoms with E-state index < -0.39 is 0 Å². The molecule has 86 valence electrons. The van der Waals surface area contributed by atoms with E-state index in [1.165, 1.54) is 15.1 Å². The minimum absolute atomic E-state index is 0.389. The van der Waals surface area contributed by atoms with Gasteiger partial charge >= 0.3 is 0 Å². The van der Waals surface area contributed by atoms with Crippen molar-refractivity contribution in [2.24, 2.45) is 11.3 Å². The predicted octanol–water partition coefficient (Wildman–Crippen LogP) is 6.02. The SMILES string of the molecule is CC(CC(Br)c1ccc(Br)s1)C(C)(C)C. The fraction of sp³-hybridized carbons (Fsp3) is 0.667. The lowest BCUT2D eigenvalue weighted by Crippen LogP contribution is -2.18. The van der Waals surface area contributed by atoms with E-state index >= 15 is 0 Å². The predicted molar refractivity (Wildman–Crippen MR) is 76.9 cm³/mol. The lowest BCUT2D eigenvalue weighted by atomic mass is 9.79. The van der Waals surface area contributed by atoms with Gasteiger partial charge in [-0.2, -0.15) is 0 Å². The molecule has 0 amide bonds. The van der Waals surface area contributed by atoms with Crippen molar-refractivity contribution < 1.29 is 0 Å². The molecule has 0 N–H and O–H groups in total. The zero-order chi connectivity index (χ0) is 11.6. The van der Waals surface area contributed by atoms with Crippen LogP contribution in [-0.2, 0) is 0 Å². The van der Waals surface area contributed by atoms with Gasteiger partial charge < -0.3 is 0 Å². The Labute approximate surface area is 114 Å². The molecular weight excluding hydrogens is 336 g/mol. The molecule has 0 radical (unpaired) electrons. The number of halogens is 2. The summed E-state index contributed by atoms with van der Waals surface area (Å²) in [7, 11) is 0. The molecule has 0 aliphatic heterocycles. The molecule has 0 saturated carbocycles. The summed E-state index contributed by atoms with van der Waals surface area (Å²) in [4.78, 5) is 1.90. The quantitative estimate of drug-likeness (QED) is 0.583. The Kier molecular flexibility index (Phi) is 4.87. The molecule has 0 aliphatic carbocycles. The van der Waals surface area contributed by atoms with Gasteiger partial charge in [-0.25, -0.2) is 0 Å². The summed E-state index contributed by atoms with van der Waals surface area (Å²) in [6.45, 7) is 9.25. The van der Waals surface area contributed by atoms with E-state index in [0.717, 1.165) is 0 Å². The molecule has 0 bridgehead atoms. The van der Waals surface area contributed by atoms with Crippen LogP contribution in [0.3, 0.4) is 0 Å². The van der Waals surface area contributed by atoms with Crippen molar-refractivity contribution >= 4 is 43.2 Å². The molecule has 0 fully saturated rings. The third-order valence-corrected chi connectivity index (χ3v) is 5.85. The lowest BCUT2D eigenvalue weighted by Gasteiger charge is -2.28. The fourth-order valence-electron chi connectivity index (χ4n) is 1.28. The van der Waals surface area contributed by atoms with Crippen LogP contribution >= 0.6 is 43.2 Å². The fourth-order valence-corrected chi connectivity index (χ4v) is 3.68. The van der Waals surface area contributed by atoms with Crippen molar-refractivity contribution in [3.8, 4) is 0 Å². The standard InChI is InChI=1S/C12H18Br2S/c1-8(12(2,3)4)7-9(13)10-5-6-11(14)15-10/h5-6,8-9H,7H2,1-4H3. The highest BCUT2D eigenvalue weighted by Gasteiger charge is 2.23. The molecule has 1 aromatic rings. The topological polar surface area (TPSA) is 0 Å². The lowest BCUT2D eigenvalue weighted by molar-refractivity contribution is 0.247. The van der Waals surface area contributed by atoms with Crippen LogP contribution in [0.25, 0.3) is 0 Å². The summed E-state index contributed by atoms with van der Waals surface area (Å²) < 4.78 is 1.21. The van der Waals surface area contributed by atoms with Crippen LogP contribution < -0.4 is 0 Å². The smallest absolute Gasteiger partial charge is 0.0701 e. The summed E-state index contributed by atoms with van der Waals surface area (Å²) >= 11 is 9.10. The van der Waals surface area contributed by atoms with Crippen LogP contribution in [0.1, 0.15) is 43.8 Å². The van der Waals surface area contributed by atoms with E-state index in [1.54, 1.807) is 0 Å². The number of alkyl halides is 1. The number of hydrogen-bond acceptors (Lipinski definition) is 1. The van der Waals surface area contributed by atoms with Crippen molar-refractivity contribution in [3.05, 3.63) is 20.8 Å². The van der Waals surface area contributed by atoms with Crippen LogP contribution in [-0.4, -0.2) is 0 Å². The molecule has 1 aromatic heterocycles. The van der Waals surface area contributed by atoms with Gasteiger partial charge in [-0.1, -0.05) is 43.6 Å². The Morgan fingerprint density at radius 2 is 1.93 bits per heavy atom. The average Bonchev–Trinajstić information content (AvgIpc) is 2.50. The summed E-state index contributed by atoms with van der Waals surface area (Å²) in [5, 5.41) is 0. The molecule has 2 atom stereocenters. The molecule has 15 heavy (non-hydrogen) atoms. The zero-order valence-electron chi connectivity index (χ0n) is 9.68. The molecule has 3 heteroatoms. The van der Waals surface area contributed by atoms with Gasteiger partial charge in [0.1, 0.15) is 0 Å². The Morgan fingerprint density at radius 1 is 1.33 bits per heavy atom. The number of rotatable bonds is 3. The summed E-state index contributed by atoms with van der Waals surface area (Å²) in [5.41, 5.74) is 0.389. The molecule has 1 rings (SSSR count). The first kappa shape index (κ1) is 13.7. The molecule has 0 aliphatic rings. The molecule has 1 heterocycles. The molecule has 0 saturated heterocycles. The van der Waals surface area contributed by atoms with Crippen LogP contribution in [0.4, 0.5) is 0 Å². The first-order valence-corrected chi connectivity index (χ1v) is 7.72. The van der Waals surface area contributed by atoms with Gasteiger partial charge in [0.25, 0.3) is 0 Å². The second-order valence-corrected chi connectivity index (χ2v) is 8.71. The highest BCUT2D eigenvalue weighted by molar-refractivity contribution is 9.11. The molecule has 0 spiro atoms. The third-order valence-electron chi connectivity index (χ3n) is 2.94. The molecule has 2 unspecified atom stereocenters. The monoisotopic (exact) mass is 352 g/mol. The van der Waals surface area contributed by atoms with E-state index in [-0.39, 0.29) is 0 Å². The Hall–Kier alpha value is 0.660. The van der Waals surface area contributed by atoms with E-state index in [4.69, 9.17) is 0 Å². The normalized spacial score (nSPS) is 16.4. The van der Waals surface area contributed by atoms with Crippen LogP contribution in [0.15, 0.2) is 15.9 Å². The van der Waals surface area contributed by atoms with Gasteiger partial charge in [0.2, 0.25) is 0 Å². The van der Waals surface area contributed by atoms with Crippen molar-refractivity contribution in [2.45, 2.75) is 38.9 Å². The zero-order valence-corrected chi connectivity index (χ0v) is 13.7. The van der Waals surface area contributed by atoms with Gasteiger partial charge in [0.15, 0.2) is 0 Å². The summed E-state index contributed by atoms with van der Waals surface area (Å²) in [6.07, 6.45) is 1.19. The number of thiophene rings is 1. The van der Waals surface area contributed by atoms with Gasteiger partial charge in [0, 0.05) is 9.70 Å². The van der Waals surface area contributed by atoms with Crippen LogP contribution in [0.5, 0.6) is 0 Å². The van der Waals surface area contributed by atoms with Gasteiger partial charge in [0.05, 0.1) is 3.79 Å². The van der Waals surface area contributed by atoms with Gasteiger partial charge in [-0.15, -0.1) is 11.3 Å². The second kappa shape index (κ2) is 5.33. The maximum atomic E-state index is 3.78. The molecule has 0 aromatic carbocycles. The van der Waals surface area contributed by atoms with Crippen LogP contribution in [0.2, 0.25) is 0 Å². The van der Waals surface area contributed by atoms with E-state index in [9.17, 15) is 0 Å².